The van der Waals surface area contributed by atoms with Gasteiger partial charge in [0, 0.05) is 23.2 Å². The zero-order chi connectivity index (χ0) is 38.8. The molecule has 5 aromatic rings. The minimum atomic E-state index is -1.40. The fourth-order valence-corrected chi connectivity index (χ4v) is 5.58. The summed E-state index contributed by atoms with van der Waals surface area (Å²) >= 11 is 1.27. The van der Waals surface area contributed by atoms with Crippen LogP contribution in [0.5, 0.6) is 0 Å². The third-order valence-electron chi connectivity index (χ3n) is 7.06. The van der Waals surface area contributed by atoms with E-state index in [0.29, 0.717) is 23.2 Å². The van der Waals surface area contributed by atoms with Gasteiger partial charge in [-0.2, -0.15) is 24.7 Å². The highest BCUT2D eigenvalue weighted by Crippen LogP contribution is 2.38. The predicted octanol–water partition coefficient (Wildman–Crippen LogP) is 5.68. The van der Waals surface area contributed by atoms with Crippen molar-refractivity contribution in [3.8, 4) is 5.95 Å². The van der Waals surface area contributed by atoms with Gasteiger partial charge in [0.25, 0.3) is 11.1 Å². The fraction of sp³-hybridized carbons (Fsp3) is 0.250. The Hall–Kier alpha value is -6.90. The number of aromatic nitrogens is 7. The highest BCUT2D eigenvalue weighted by molar-refractivity contribution is 7.14. The van der Waals surface area contributed by atoms with Gasteiger partial charge in [0.05, 0.1) is 27.9 Å². The van der Waals surface area contributed by atoms with Crippen molar-refractivity contribution >= 4 is 75.1 Å². The zero-order valence-corrected chi connectivity index (χ0v) is 29.5. The molecule has 20 nitrogen and oxygen atoms in total. The van der Waals surface area contributed by atoms with Gasteiger partial charge in [-0.25, -0.2) is 19.2 Å². The summed E-state index contributed by atoms with van der Waals surface area (Å²) in [5.41, 5.74) is 5.05. The Balaban J connectivity index is 1.66. The van der Waals surface area contributed by atoms with Crippen molar-refractivity contribution in [3.05, 3.63) is 69.4 Å². The number of rotatable bonds is 13. The first kappa shape index (κ1) is 37.4. The molecule has 0 aliphatic heterocycles. The van der Waals surface area contributed by atoms with Crippen LogP contribution in [0.15, 0.2) is 46.6 Å². The van der Waals surface area contributed by atoms with Gasteiger partial charge in [-0.3, -0.25) is 0 Å². The first-order chi connectivity index (χ1) is 24.9. The van der Waals surface area contributed by atoms with Crippen LogP contribution in [0, 0.1) is 5.92 Å². The van der Waals surface area contributed by atoms with E-state index in [-0.39, 0.29) is 63.0 Å². The molecular formula is C32H32N12O8S. The molecule has 0 atom stereocenters. The van der Waals surface area contributed by atoms with Crippen LogP contribution in [0.2, 0.25) is 0 Å². The number of hydrogen-bond donors (Lipinski definition) is 7. The van der Waals surface area contributed by atoms with E-state index in [4.69, 9.17) is 5.73 Å². The molecule has 2 aromatic carbocycles. The van der Waals surface area contributed by atoms with Crippen LogP contribution in [0.4, 0.5) is 39.9 Å². The molecule has 274 valence electrons. The Morgan fingerprint density at radius 1 is 0.774 bits per heavy atom. The van der Waals surface area contributed by atoms with Gasteiger partial charge in [0.15, 0.2) is 11.5 Å². The number of azo groups is 1. The summed E-state index contributed by atoms with van der Waals surface area (Å²) in [7, 11) is 0. The minimum absolute atomic E-state index is 0.0290. The Morgan fingerprint density at radius 2 is 1.25 bits per heavy atom. The number of benzene rings is 2. The van der Waals surface area contributed by atoms with Crippen molar-refractivity contribution in [1.29, 1.82) is 0 Å². The maximum atomic E-state index is 11.8. The highest BCUT2D eigenvalue weighted by atomic mass is 32.1. The van der Waals surface area contributed by atoms with Crippen molar-refractivity contribution in [2.75, 3.05) is 16.4 Å². The molecule has 0 spiro atoms. The summed E-state index contributed by atoms with van der Waals surface area (Å²) in [5, 5.41) is 66.4. The van der Waals surface area contributed by atoms with Crippen LogP contribution >= 0.6 is 11.3 Å². The number of nitrogens with two attached hydrogens (primary N) is 1. The predicted molar refractivity (Wildman–Crippen MR) is 190 cm³/mol. The number of aromatic carboxylic acids is 4. The van der Waals surface area contributed by atoms with Crippen LogP contribution in [-0.4, -0.2) is 79.2 Å². The largest absolute Gasteiger partial charge is 0.478 e. The first-order valence-corrected chi connectivity index (χ1v) is 16.4. The maximum absolute atomic E-state index is 11.8. The van der Waals surface area contributed by atoms with Crippen LogP contribution in [0.25, 0.3) is 5.95 Å². The molecule has 5 rings (SSSR count). The van der Waals surface area contributed by atoms with E-state index in [0.717, 1.165) is 46.1 Å². The Labute approximate surface area is 303 Å². The van der Waals surface area contributed by atoms with Gasteiger partial charge in [0.2, 0.25) is 11.9 Å². The summed E-state index contributed by atoms with van der Waals surface area (Å²) in [6.45, 7) is 9.70. The molecule has 0 saturated heterocycles. The number of nitrogens with one attached hydrogen (secondary N) is 2. The smallest absolute Gasteiger partial charge is 0.335 e. The number of nitrogens with zero attached hydrogens (tertiary/aromatic N) is 9. The molecule has 0 bridgehead atoms. The Morgan fingerprint density at radius 3 is 1.66 bits per heavy atom. The molecule has 0 radical (unpaired) electrons. The second-order valence-electron chi connectivity index (χ2n) is 12.9. The van der Waals surface area contributed by atoms with E-state index < -0.39 is 29.3 Å². The average Bonchev–Trinajstić information content (AvgIpc) is 3.65. The number of hydrogen-bond acceptors (Lipinski definition) is 16. The van der Waals surface area contributed by atoms with Crippen LogP contribution < -0.4 is 16.4 Å². The second-order valence-corrected chi connectivity index (χ2v) is 13.9. The highest BCUT2D eigenvalue weighted by Gasteiger charge is 2.28. The Bertz CT molecular complexity index is 2130. The number of carbonyl (C=O) groups is 4. The van der Waals surface area contributed by atoms with Gasteiger partial charge >= 0.3 is 23.9 Å². The molecule has 0 aliphatic rings. The lowest BCUT2D eigenvalue weighted by Crippen LogP contribution is -2.15. The number of nitrogen functional groups attached to an aromatic ring is 1. The van der Waals surface area contributed by atoms with E-state index in [1.807, 2.05) is 20.8 Å². The van der Waals surface area contributed by atoms with Gasteiger partial charge in [-0.1, -0.05) is 46.0 Å². The lowest BCUT2D eigenvalue weighted by Gasteiger charge is -2.15. The maximum Gasteiger partial charge on any atom is 0.335 e. The summed E-state index contributed by atoms with van der Waals surface area (Å²) < 4.78 is 1.14. The zero-order valence-electron chi connectivity index (χ0n) is 28.7. The normalized spacial score (nSPS) is 11.6. The molecule has 0 aliphatic carbocycles. The number of anilines is 5. The fourth-order valence-electron chi connectivity index (χ4n) is 4.71. The van der Waals surface area contributed by atoms with Gasteiger partial charge in [-0.05, 0) is 42.3 Å². The monoisotopic (exact) mass is 744 g/mol. The Kier molecular flexibility index (Phi) is 10.4. The summed E-state index contributed by atoms with van der Waals surface area (Å²) in [5.74, 6) is -6.06. The second kappa shape index (κ2) is 14.8. The molecule has 21 heteroatoms. The van der Waals surface area contributed by atoms with Crippen LogP contribution in [0.1, 0.15) is 86.8 Å². The van der Waals surface area contributed by atoms with E-state index in [2.05, 4.69) is 65.0 Å². The van der Waals surface area contributed by atoms with Crippen LogP contribution in [-0.2, 0) is 11.8 Å². The lowest BCUT2D eigenvalue weighted by molar-refractivity contribution is 0.0676. The quantitative estimate of drug-likeness (QED) is 0.0713. The minimum Gasteiger partial charge on any atom is -0.478 e. The van der Waals surface area contributed by atoms with Gasteiger partial charge < -0.3 is 36.8 Å². The lowest BCUT2D eigenvalue weighted by atomic mass is 9.91. The SMILES string of the molecule is CC(C)Cc1nnc(N=Nc2c(C(C)(C)C)nn(-c3nc(Nc4cc(C(=O)O)cc(C(=O)O)c4)nc(Nc4cc(C(=O)O)cc(C(=O)O)c4)n3)c2N)s1. The third-order valence-corrected chi connectivity index (χ3v) is 7.89. The molecule has 53 heavy (non-hydrogen) atoms. The third kappa shape index (κ3) is 8.89. The topological polar surface area (TPSA) is 306 Å². The van der Waals surface area contributed by atoms with Gasteiger partial charge in [-0.15, -0.1) is 20.4 Å². The molecule has 0 unspecified atom stereocenters. The van der Waals surface area contributed by atoms with Crippen molar-refractivity contribution in [3.63, 3.8) is 0 Å². The summed E-state index contributed by atoms with van der Waals surface area (Å²) in [6.07, 6.45) is 0.711. The van der Waals surface area contributed by atoms with Crippen molar-refractivity contribution in [1.82, 2.24) is 34.9 Å². The molecule has 8 N–H and O–H groups in total. The molecule has 3 heterocycles. The number of carboxylic acid groups (broad SMARTS) is 4. The van der Waals surface area contributed by atoms with Crippen LogP contribution in [0.3, 0.4) is 0 Å². The van der Waals surface area contributed by atoms with Crippen molar-refractivity contribution in [2.45, 2.75) is 46.5 Å². The summed E-state index contributed by atoms with van der Waals surface area (Å²) in [4.78, 5) is 60.1. The summed E-state index contributed by atoms with van der Waals surface area (Å²) in [6, 6.07) is 6.55. The molecule has 0 fully saturated rings. The first-order valence-electron chi connectivity index (χ1n) is 15.5. The van der Waals surface area contributed by atoms with E-state index in [1.165, 1.54) is 11.3 Å². The molecule has 3 aromatic heterocycles. The average molecular weight is 745 g/mol. The van der Waals surface area contributed by atoms with Gasteiger partial charge in [0.1, 0.15) is 5.01 Å². The van der Waals surface area contributed by atoms with Crippen molar-refractivity contribution in [2.24, 2.45) is 16.1 Å². The molecular weight excluding hydrogens is 712 g/mol. The molecule has 0 saturated carbocycles. The number of carboxylic acids is 4. The molecule has 0 amide bonds. The van der Waals surface area contributed by atoms with E-state index in [1.54, 1.807) is 0 Å². The standard InChI is InChI=1S/C32H32N12O8S/c1-13(2)6-20-39-41-31(53-20)42-40-21-22(32(3,4)5)43-44(23(21)33)30-37-28(34-18-9-14(24(45)46)7-15(10-18)25(47)48)36-29(38-30)35-19-11-16(26(49)50)8-17(12-19)27(51)52/h7-13H,6,33H2,1-5H3,(H,45,46)(H,47,48)(H,49,50)(H,51,52)(H2,34,35,36,37,38). The van der Waals surface area contributed by atoms with Crippen molar-refractivity contribution < 1.29 is 39.6 Å². The van der Waals surface area contributed by atoms with E-state index >= 15 is 0 Å². The van der Waals surface area contributed by atoms with E-state index in [9.17, 15) is 39.6 Å².